The summed E-state index contributed by atoms with van der Waals surface area (Å²) in [6, 6.07) is 3.41. The van der Waals surface area contributed by atoms with E-state index in [1.165, 1.54) is 0 Å². The highest BCUT2D eigenvalue weighted by molar-refractivity contribution is 6.02. The third kappa shape index (κ3) is 2.17. The zero-order valence-electron chi connectivity index (χ0n) is 10.5. The molecule has 0 fully saturated rings. The molecule has 0 spiro atoms. The third-order valence-electron chi connectivity index (χ3n) is 2.64. The van der Waals surface area contributed by atoms with Crippen LogP contribution in [0.4, 0.5) is 5.69 Å². The van der Waals surface area contributed by atoms with Crippen molar-refractivity contribution in [3.63, 3.8) is 0 Å². The molecule has 19 heavy (non-hydrogen) atoms. The number of carbonyl (C=O) groups is 1. The summed E-state index contributed by atoms with van der Waals surface area (Å²) >= 11 is 0. The molecule has 0 atom stereocenters. The normalized spacial score (nSPS) is 10.8. The van der Waals surface area contributed by atoms with Crippen molar-refractivity contribution in [3.05, 3.63) is 42.1 Å². The number of amides is 1. The standard InChI is InChI=1S/C12H12N6O/c1-8-6-18-11(14-8)4-3-10(16-18)12(19)15-9-5-13-17(2)7-9/h3-7H,1-2H3,(H,15,19). The summed E-state index contributed by atoms with van der Waals surface area (Å²) < 4.78 is 3.21. The van der Waals surface area contributed by atoms with E-state index in [9.17, 15) is 4.79 Å². The Morgan fingerprint density at radius 3 is 2.89 bits per heavy atom. The van der Waals surface area contributed by atoms with Gasteiger partial charge >= 0.3 is 0 Å². The molecule has 0 bridgehead atoms. The van der Waals surface area contributed by atoms with E-state index in [0.717, 1.165) is 11.3 Å². The Hall–Kier alpha value is -2.70. The Morgan fingerprint density at radius 2 is 2.16 bits per heavy atom. The van der Waals surface area contributed by atoms with Crippen LogP contribution in [-0.2, 0) is 7.05 Å². The molecule has 7 nitrogen and oxygen atoms in total. The molecule has 1 amide bonds. The number of hydrogen-bond acceptors (Lipinski definition) is 4. The molecule has 3 rings (SSSR count). The van der Waals surface area contributed by atoms with Crippen LogP contribution in [0.3, 0.4) is 0 Å². The van der Waals surface area contributed by atoms with E-state index < -0.39 is 0 Å². The molecule has 0 aromatic carbocycles. The van der Waals surface area contributed by atoms with Crippen LogP contribution < -0.4 is 5.32 Å². The van der Waals surface area contributed by atoms with Gasteiger partial charge in [0.25, 0.3) is 5.91 Å². The lowest BCUT2D eigenvalue weighted by atomic mass is 10.3. The quantitative estimate of drug-likeness (QED) is 0.742. The molecule has 0 saturated carbocycles. The number of fused-ring (bicyclic) bond motifs is 1. The van der Waals surface area contributed by atoms with Crippen LogP contribution >= 0.6 is 0 Å². The molecule has 3 aromatic rings. The maximum atomic E-state index is 12.0. The van der Waals surface area contributed by atoms with Crippen LogP contribution in [0.25, 0.3) is 5.65 Å². The van der Waals surface area contributed by atoms with Crippen molar-refractivity contribution in [1.82, 2.24) is 24.4 Å². The minimum absolute atomic E-state index is 0.277. The van der Waals surface area contributed by atoms with E-state index in [4.69, 9.17) is 0 Å². The summed E-state index contributed by atoms with van der Waals surface area (Å²) in [4.78, 5) is 16.3. The van der Waals surface area contributed by atoms with Crippen molar-refractivity contribution in [3.8, 4) is 0 Å². The van der Waals surface area contributed by atoms with Crippen molar-refractivity contribution in [1.29, 1.82) is 0 Å². The maximum absolute atomic E-state index is 12.0. The second kappa shape index (κ2) is 4.20. The molecule has 0 radical (unpaired) electrons. The fourth-order valence-corrected chi connectivity index (χ4v) is 1.80. The lowest BCUT2D eigenvalue weighted by Gasteiger charge is -2.01. The predicted molar refractivity (Wildman–Crippen MR) is 68.9 cm³/mol. The Bertz CT molecular complexity index is 757. The Balaban J connectivity index is 1.88. The predicted octanol–water partition coefficient (Wildman–Crippen LogP) is 1.02. The molecule has 0 saturated heterocycles. The van der Waals surface area contributed by atoms with Gasteiger partial charge in [0, 0.05) is 13.2 Å². The minimum Gasteiger partial charge on any atom is -0.318 e. The van der Waals surface area contributed by atoms with Gasteiger partial charge in [-0.25, -0.2) is 9.50 Å². The highest BCUT2D eigenvalue weighted by Crippen LogP contribution is 2.08. The fourth-order valence-electron chi connectivity index (χ4n) is 1.80. The smallest absolute Gasteiger partial charge is 0.276 e. The van der Waals surface area contributed by atoms with Gasteiger partial charge in [0.15, 0.2) is 5.65 Å². The highest BCUT2D eigenvalue weighted by Gasteiger charge is 2.10. The number of anilines is 1. The molecule has 0 aliphatic rings. The first-order valence-corrected chi connectivity index (χ1v) is 5.75. The zero-order valence-corrected chi connectivity index (χ0v) is 10.5. The van der Waals surface area contributed by atoms with E-state index >= 15 is 0 Å². The van der Waals surface area contributed by atoms with Gasteiger partial charge in [-0.15, -0.1) is 0 Å². The first-order valence-electron chi connectivity index (χ1n) is 5.75. The van der Waals surface area contributed by atoms with Crippen LogP contribution in [-0.4, -0.2) is 30.3 Å². The van der Waals surface area contributed by atoms with Gasteiger partial charge in [-0.3, -0.25) is 9.48 Å². The molecule has 1 N–H and O–H groups in total. The van der Waals surface area contributed by atoms with Crippen molar-refractivity contribution in [2.24, 2.45) is 7.05 Å². The van der Waals surface area contributed by atoms with Crippen LogP contribution in [0.15, 0.2) is 30.7 Å². The van der Waals surface area contributed by atoms with E-state index in [2.05, 4.69) is 20.5 Å². The topological polar surface area (TPSA) is 77.1 Å². The second-order valence-electron chi connectivity index (χ2n) is 4.26. The van der Waals surface area contributed by atoms with Gasteiger partial charge < -0.3 is 5.32 Å². The monoisotopic (exact) mass is 256 g/mol. The zero-order chi connectivity index (χ0) is 13.4. The largest absolute Gasteiger partial charge is 0.318 e. The molecule has 0 unspecified atom stereocenters. The summed E-state index contributed by atoms with van der Waals surface area (Å²) in [6.07, 6.45) is 5.08. The first kappa shape index (κ1) is 11.4. The van der Waals surface area contributed by atoms with Crippen molar-refractivity contribution in [2.75, 3.05) is 5.32 Å². The number of aryl methyl sites for hydroxylation is 2. The fraction of sp³-hybridized carbons (Fsp3) is 0.167. The van der Waals surface area contributed by atoms with Crippen LogP contribution in [0.2, 0.25) is 0 Å². The van der Waals surface area contributed by atoms with Gasteiger partial charge in [0.2, 0.25) is 0 Å². The number of nitrogens with one attached hydrogen (secondary N) is 1. The number of nitrogens with zero attached hydrogens (tertiary/aromatic N) is 5. The van der Waals surface area contributed by atoms with Gasteiger partial charge in [-0.1, -0.05) is 0 Å². The third-order valence-corrected chi connectivity index (χ3v) is 2.64. The van der Waals surface area contributed by atoms with Crippen molar-refractivity contribution >= 4 is 17.2 Å². The summed E-state index contributed by atoms with van der Waals surface area (Å²) in [6.45, 7) is 1.88. The van der Waals surface area contributed by atoms with Gasteiger partial charge in [0.1, 0.15) is 5.69 Å². The molecule has 96 valence electrons. The van der Waals surface area contributed by atoms with Gasteiger partial charge in [0.05, 0.1) is 23.8 Å². The average molecular weight is 256 g/mol. The van der Waals surface area contributed by atoms with Gasteiger partial charge in [-0.2, -0.15) is 10.2 Å². The van der Waals surface area contributed by atoms with Crippen molar-refractivity contribution in [2.45, 2.75) is 6.92 Å². The SMILES string of the molecule is Cc1cn2nc(C(=O)Nc3cnn(C)c3)ccc2n1. The molecular weight excluding hydrogens is 244 g/mol. The van der Waals surface area contributed by atoms with Crippen molar-refractivity contribution < 1.29 is 4.79 Å². The molecule has 7 heteroatoms. The Labute approximate surface area is 108 Å². The number of aromatic nitrogens is 5. The van der Waals surface area contributed by atoms with E-state index in [1.807, 2.05) is 6.92 Å². The summed E-state index contributed by atoms with van der Waals surface area (Å²) in [5.74, 6) is -0.277. The van der Waals surface area contributed by atoms with Crippen LogP contribution in [0.1, 0.15) is 16.2 Å². The summed E-state index contributed by atoms with van der Waals surface area (Å²) in [5, 5.41) is 10.9. The van der Waals surface area contributed by atoms with E-state index in [-0.39, 0.29) is 5.91 Å². The summed E-state index contributed by atoms with van der Waals surface area (Å²) in [7, 11) is 1.79. The maximum Gasteiger partial charge on any atom is 0.276 e. The number of rotatable bonds is 2. The van der Waals surface area contributed by atoms with E-state index in [1.54, 1.807) is 47.0 Å². The van der Waals surface area contributed by atoms with Crippen LogP contribution in [0.5, 0.6) is 0 Å². The first-order chi connectivity index (χ1) is 9.11. The lowest BCUT2D eigenvalue weighted by Crippen LogP contribution is -2.14. The molecule has 0 aliphatic carbocycles. The van der Waals surface area contributed by atoms with Crippen LogP contribution in [0, 0.1) is 6.92 Å². The molecular formula is C12H12N6O. The number of carbonyl (C=O) groups excluding carboxylic acids is 1. The van der Waals surface area contributed by atoms with E-state index in [0.29, 0.717) is 11.4 Å². The second-order valence-corrected chi connectivity index (χ2v) is 4.26. The number of hydrogen-bond donors (Lipinski definition) is 1. The molecule has 0 aliphatic heterocycles. The lowest BCUT2D eigenvalue weighted by molar-refractivity contribution is 0.102. The molecule has 3 heterocycles. The number of imidazole rings is 1. The molecule has 3 aromatic heterocycles. The van der Waals surface area contributed by atoms with Gasteiger partial charge in [-0.05, 0) is 19.1 Å². The Morgan fingerprint density at radius 1 is 1.32 bits per heavy atom. The summed E-state index contributed by atoms with van der Waals surface area (Å²) in [5.41, 5.74) is 2.54. The average Bonchev–Trinajstić information content (AvgIpc) is 2.93. The minimum atomic E-state index is -0.277. The Kier molecular flexibility index (Phi) is 2.52. The highest BCUT2D eigenvalue weighted by atomic mass is 16.1.